The van der Waals surface area contributed by atoms with Gasteiger partial charge in [0.1, 0.15) is 5.82 Å². The smallest absolute Gasteiger partial charge is 0.128 e. The second kappa shape index (κ2) is 3.96. The van der Waals surface area contributed by atoms with Gasteiger partial charge in [-0.1, -0.05) is 6.07 Å². The third-order valence-electron chi connectivity index (χ3n) is 1.92. The Kier molecular flexibility index (Phi) is 3.11. The van der Waals surface area contributed by atoms with E-state index in [4.69, 9.17) is 5.73 Å². The second-order valence-corrected chi connectivity index (χ2v) is 4.31. The van der Waals surface area contributed by atoms with Crippen LogP contribution < -0.4 is 11.1 Å². The van der Waals surface area contributed by atoms with Crippen molar-refractivity contribution in [1.29, 1.82) is 0 Å². The Morgan fingerprint density at radius 1 is 1.43 bits per heavy atom. The van der Waals surface area contributed by atoms with Gasteiger partial charge in [0.2, 0.25) is 0 Å². The number of rotatable bonds is 3. The van der Waals surface area contributed by atoms with E-state index in [0.29, 0.717) is 12.1 Å². The molecule has 2 nitrogen and oxygen atoms in total. The van der Waals surface area contributed by atoms with Crippen molar-refractivity contribution in [3.05, 3.63) is 29.6 Å². The van der Waals surface area contributed by atoms with Gasteiger partial charge in [-0.25, -0.2) is 4.39 Å². The predicted molar refractivity (Wildman–Crippen MR) is 57.9 cm³/mol. The van der Waals surface area contributed by atoms with Crippen LogP contribution in [0.25, 0.3) is 0 Å². The fourth-order valence-corrected chi connectivity index (χ4v) is 1.03. The summed E-state index contributed by atoms with van der Waals surface area (Å²) in [7, 11) is 0. The topological polar surface area (TPSA) is 38.0 Å². The molecule has 14 heavy (non-hydrogen) atoms. The zero-order valence-corrected chi connectivity index (χ0v) is 8.89. The molecule has 0 radical (unpaired) electrons. The van der Waals surface area contributed by atoms with Gasteiger partial charge in [-0.3, -0.25) is 0 Å². The number of benzene rings is 1. The first-order valence-electron chi connectivity index (χ1n) is 4.67. The Labute approximate surface area is 84.3 Å². The number of halogens is 1. The van der Waals surface area contributed by atoms with Crippen LogP contribution in [0.3, 0.4) is 0 Å². The summed E-state index contributed by atoms with van der Waals surface area (Å²) in [5.74, 6) is -0.190. The van der Waals surface area contributed by atoms with E-state index in [-0.39, 0.29) is 11.4 Å². The maximum Gasteiger partial charge on any atom is 0.128 e. The number of nitrogens with two attached hydrogens (primary N) is 1. The van der Waals surface area contributed by atoms with Gasteiger partial charge in [-0.05, 0) is 38.5 Å². The minimum atomic E-state index is -0.290. The molecule has 0 aliphatic rings. The third kappa shape index (κ3) is 3.34. The molecule has 0 saturated heterocycles. The number of anilines is 1. The van der Waals surface area contributed by atoms with Gasteiger partial charge in [0.05, 0.1) is 0 Å². The van der Waals surface area contributed by atoms with Crippen LogP contribution in [0.1, 0.15) is 19.4 Å². The molecule has 3 N–H and O–H groups in total. The summed E-state index contributed by atoms with van der Waals surface area (Å²) >= 11 is 0. The molecule has 0 saturated carbocycles. The molecule has 0 amide bonds. The molecule has 0 bridgehead atoms. The molecule has 3 heteroatoms. The van der Waals surface area contributed by atoms with Crippen molar-refractivity contribution in [2.24, 2.45) is 5.73 Å². The fraction of sp³-hybridized carbons (Fsp3) is 0.455. The van der Waals surface area contributed by atoms with Crippen LogP contribution in [0.5, 0.6) is 0 Å². The average Bonchev–Trinajstić information content (AvgIpc) is 2.06. The van der Waals surface area contributed by atoms with Crippen molar-refractivity contribution in [2.45, 2.75) is 26.3 Å². The first kappa shape index (κ1) is 11.0. The third-order valence-corrected chi connectivity index (χ3v) is 1.92. The van der Waals surface area contributed by atoms with Crippen molar-refractivity contribution in [3.63, 3.8) is 0 Å². The Morgan fingerprint density at radius 3 is 2.57 bits per heavy atom. The fourth-order valence-electron chi connectivity index (χ4n) is 1.03. The molecule has 0 atom stereocenters. The van der Waals surface area contributed by atoms with E-state index in [2.05, 4.69) is 5.32 Å². The van der Waals surface area contributed by atoms with Crippen LogP contribution in [-0.2, 0) is 0 Å². The van der Waals surface area contributed by atoms with E-state index in [1.165, 1.54) is 6.07 Å². The van der Waals surface area contributed by atoms with E-state index in [0.717, 1.165) is 5.69 Å². The summed E-state index contributed by atoms with van der Waals surface area (Å²) in [5, 5.41) is 3.09. The van der Waals surface area contributed by atoms with Gasteiger partial charge in [0.25, 0.3) is 0 Å². The molecule has 1 rings (SSSR count). The Bertz CT molecular complexity index is 316. The standard InChI is InChI=1S/C11H17FN2/c1-8-4-5-9(6-10(8)12)14-7-11(2,3)13/h4-6,14H,7,13H2,1-3H3. The SMILES string of the molecule is Cc1ccc(NCC(C)(C)N)cc1F. The molecule has 0 aliphatic carbocycles. The van der Waals surface area contributed by atoms with Crippen LogP contribution in [-0.4, -0.2) is 12.1 Å². The molecule has 0 aliphatic heterocycles. The molecular weight excluding hydrogens is 179 g/mol. The minimum Gasteiger partial charge on any atom is -0.383 e. The molecule has 78 valence electrons. The molecule has 0 heterocycles. The zero-order chi connectivity index (χ0) is 10.8. The van der Waals surface area contributed by atoms with E-state index in [9.17, 15) is 4.39 Å². The summed E-state index contributed by atoms with van der Waals surface area (Å²) in [6.45, 7) is 6.20. The first-order chi connectivity index (χ1) is 6.38. The average molecular weight is 196 g/mol. The van der Waals surface area contributed by atoms with Crippen molar-refractivity contribution in [3.8, 4) is 0 Å². The van der Waals surface area contributed by atoms with Crippen molar-refractivity contribution in [1.82, 2.24) is 0 Å². The van der Waals surface area contributed by atoms with Gasteiger partial charge in [0.15, 0.2) is 0 Å². The zero-order valence-electron chi connectivity index (χ0n) is 8.89. The van der Waals surface area contributed by atoms with E-state index in [1.807, 2.05) is 19.9 Å². The summed E-state index contributed by atoms with van der Waals surface area (Å²) < 4.78 is 13.1. The summed E-state index contributed by atoms with van der Waals surface area (Å²) in [4.78, 5) is 0. The van der Waals surface area contributed by atoms with Crippen LogP contribution in [0, 0.1) is 12.7 Å². The lowest BCUT2D eigenvalue weighted by atomic mass is 10.1. The largest absolute Gasteiger partial charge is 0.383 e. The number of aryl methyl sites for hydroxylation is 1. The highest BCUT2D eigenvalue weighted by Gasteiger charge is 2.09. The van der Waals surface area contributed by atoms with Crippen LogP contribution in [0.4, 0.5) is 10.1 Å². The second-order valence-electron chi connectivity index (χ2n) is 4.31. The van der Waals surface area contributed by atoms with Crippen molar-refractivity contribution < 1.29 is 4.39 Å². The molecule has 0 fully saturated rings. The highest BCUT2D eigenvalue weighted by atomic mass is 19.1. The maximum absolute atomic E-state index is 13.1. The number of nitrogens with one attached hydrogen (secondary N) is 1. The molecule has 1 aromatic carbocycles. The Balaban J connectivity index is 2.65. The van der Waals surface area contributed by atoms with Gasteiger partial charge in [-0.15, -0.1) is 0 Å². The maximum atomic E-state index is 13.1. The normalized spacial score (nSPS) is 11.5. The van der Waals surface area contributed by atoms with Crippen LogP contribution in [0.15, 0.2) is 18.2 Å². The minimum absolute atomic E-state index is 0.190. The number of hydrogen-bond acceptors (Lipinski definition) is 2. The number of hydrogen-bond donors (Lipinski definition) is 2. The van der Waals surface area contributed by atoms with Gasteiger partial charge >= 0.3 is 0 Å². The Morgan fingerprint density at radius 2 is 2.07 bits per heavy atom. The summed E-state index contributed by atoms with van der Waals surface area (Å²) in [5.41, 5.74) is 6.93. The van der Waals surface area contributed by atoms with E-state index >= 15 is 0 Å². The van der Waals surface area contributed by atoms with Gasteiger partial charge < -0.3 is 11.1 Å². The van der Waals surface area contributed by atoms with Crippen molar-refractivity contribution >= 4 is 5.69 Å². The predicted octanol–water partition coefficient (Wildman–Crippen LogP) is 2.28. The van der Waals surface area contributed by atoms with Crippen molar-refractivity contribution in [2.75, 3.05) is 11.9 Å². The molecule has 1 aromatic rings. The highest BCUT2D eigenvalue weighted by molar-refractivity contribution is 5.45. The lowest BCUT2D eigenvalue weighted by Gasteiger charge is -2.19. The van der Waals surface area contributed by atoms with E-state index < -0.39 is 0 Å². The van der Waals surface area contributed by atoms with Crippen LogP contribution in [0.2, 0.25) is 0 Å². The lowest BCUT2D eigenvalue weighted by molar-refractivity contribution is 0.549. The van der Waals surface area contributed by atoms with E-state index in [1.54, 1.807) is 13.0 Å². The van der Waals surface area contributed by atoms with Crippen LogP contribution >= 0.6 is 0 Å². The summed E-state index contributed by atoms with van der Waals surface area (Å²) in [6, 6.07) is 5.09. The lowest BCUT2D eigenvalue weighted by Crippen LogP contribution is -2.39. The highest BCUT2D eigenvalue weighted by Crippen LogP contribution is 2.14. The molecular formula is C11H17FN2. The summed E-state index contributed by atoms with van der Waals surface area (Å²) in [6.07, 6.45) is 0. The molecule has 0 spiro atoms. The molecule has 0 unspecified atom stereocenters. The molecule has 0 aromatic heterocycles. The van der Waals surface area contributed by atoms with Gasteiger partial charge in [0, 0.05) is 17.8 Å². The quantitative estimate of drug-likeness (QED) is 0.778. The monoisotopic (exact) mass is 196 g/mol. The Hall–Kier alpha value is -1.09. The first-order valence-corrected chi connectivity index (χ1v) is 4.67. The van der Waals surface area contributed by atoms with Gasteiger partial charge in [-0.2, -0.15) is 0 Å².